The number of carbonyl (C=O) groups is 1. The van der Waals surface area contributed by atoms with Crippen LogP contribution in [0.2, 0.25) is 0 Å². The molecule has 0 unspecified atom stereocenters. The van der Waals surface area contributed by atoms with Crippen molar-refractivity contribution in [3.63, 3.8) is 0 Å². The van der Waals surface area contributed by atoms with Gasteiger partial charge >= 0.3 is 6.09 Å². The lowest BCUT2D eigenvalue weighted by atomic mass is 10.2. The number of carbonyl (C=O) groups excluding carboxylic acids is 1. The fraction of sp³-hybridized carbons (Fsp3) is 0.545. The number of alkyl carbamates (subject to hydrolysis) is 1. The van der Waals surface area contributed by atoms with Crippen LogP contribution in [0.4, 0.5) is 4.79 Å². The van der Waals surface area contributed by atoms with Crippen LogP contribution in [0.15, 0.2) is 22.8 Å². The first-order valence-electron chi connectivity index (χ1n) is 4.91. The minimum absolute atomic E-state index is 0.185. The number of nitrogens with one attached hydrogen (secondary N) is 1. The molecule has 0 aliphatic carbocycles. The molecular weight excluding hydrogens is 194 g/mol. The van der Waals surface area contributed by atoms with Crippen molar-refractivity contribution in [3.8, 4) is 0 Å². The molecule has 4 heteroatoms. The summed E-state index contributed by atoms with van der Waals surface area (Å²) < 4.78 is 10.3. The van der Waals surface area contributed by atoms with Gasteiger partial charge in [-0.15, -0.1) is 0 Å². The lowest BCUT2D eigenvalue weighted by molar-refractivity contribution is 0.0502. The maximum atomic E-state index is 11.4. The predicted molar refractivity (Wildman–Crippen MR) is 56.5 cm³/mol. The molecule has 1 rings (SSSR count). The molecule has 0 aliphatic heterocycles. The van der Waals surface area contributed by atoms with Gasteiger partial charge in [-0.3, -0.25) is 0 Å². The first kappa shape index (κ1) is 11.6. The van der Waals surface area contributed by atoms with E-state index in [9.17, 15) is 4.79 Å². The van der Waals surface area contributed by atoms with Crippen molar-refractivity contribution in [1.29, 1.82) is 0 Å². The highest BCUT2D eigenvalue weighted by molar-refractivity contribution is 5.68. The van der Waals surface area contributed by atoms with Crippen LogP contribution in [0.5, 0.6) is 0 Å². The molecular formula is C11H17NO3. The minimum Gasteiger partial charge on any atom is -0.467 e. The fourth-order valence-corrected chi connectivity index (χ4v) is 1.09. The predicted octanol–water partition coefficient (Wildman–Crippen LogP) is 2.87. The summed E-state index contributed by atoms with van der Waals surface area (Å²) in [7, 11) is 0. The topological polar surface area (TPSA) is 51.5 Å². The quantitative estimate of drug-likeness (QED) is 0.818. The second-order valence-corrected chi connectivity index (χ2v) is 4.38. The lowest BCUT2D eigenvalue weighted by Gasteiger charge is -2.21. The monoisotopic (exact) mass is 211 g/mol. The SMILES string of the molecule is C[C@@H](NC(=O)OC(C)(C)C)c1ccco1. The van der Waals surface area contributed by atoms with Gasteiger partial charge in [-0.2, -0.15) is 0 Å². The molecule has 0 radical (unpaired) electrons. The Hall–Kier alpha value is -1.45. The molecule has 1 aromatic heterocycles. The Morgan fingerprint density at radius 3 is 2.67 bits per heavy atom. The average molecular weight is 211 g/mol. The van der Waals surface area contributed by atoms with Gasteiger partial charge < -0.3 is 14.5 Å². The summed E-state index contributed by atoms with van der Waals surface area (Å²) in [5.74, 6) is 0.709. The maximum Gasteiger partial charge on any atom is 0.408 e. The summed E-state index contributed by atoms with van der Waals surface area (Å²) in [5, 5.41) is 2.68. The van der Waals surface area contributed by atoms with Crippen LogP contribution in [0.3, 0.4) is 0 Å². The van der Waals surface area contributed by atoms with Gasteiger partial charge in [-0.25, -0.2) is 4.79 Å². The zero-order chi connectivity index (χ0) is 11.5. The van der Waals surface area contributed by atoms with Crippen molar-refractivity contribution >= 4 is 6.09 Å². The molecule has 0 saturated heterocycles. The van der Waals surface area contributed by atoms with E-state index in [0.29, 0.717) is 5.76 Å². The van der Waals surface area contributed by atoms with Crippen LogP contribution in [0.1, 0.15) is 39.5 Å². The number of hydrogen-bond acceptors (Lipinski definition) is 3. The van der Waals surface area contributed by atoms with Crippen molar-refractivity contribution in [3.05, 3.63) is 24.2 Å². The summed E-state index contributed by atoms with van der Waals surface area (Å²) in [6.07, 6.45) is 1.13. The van der Waals surface area contributed by atoms with Crippen LogP contribution in [0.25, 0.3) is 0 Å². The third-order valence-electron chi connectivity index (χ3n) is 1.70. The van der Waals surface area contributed by atoms with E-state index >= 15 is 0 Å². The molecule has 0 spiro atoms. The molecule has 15 heavy (non-hydrogen) atoms. The standard InChI is InChI=1S/C11H17NO3/c1-8(9-6-5-7-14-9)12-10(13)15-11(2,3)4/h5-8H,1-4H3,(H,12,13)/t8-/m1/s1. The normalized spacial score (nSPS) is 13.3. The molecule has 1 amide bonds. The van der Waals surface area contributed by atoms with Gasteiger partial charge in [0.1, 0.15) is 11.4 Å². The van der Waals surface area contributed by atoms with Crippen molar-refractivity contribution in [2.24, 2.45) is 0 Å². The van der Waals surface area contributed by atoms with Gasteiger partial charge in [-0.1, -0.05) is 0 Å². The Morgan fingerprint density at radius 1 is 1.53 bits per heavy atom. The fourth-order valence-electron chi connectivity index (χ4n) is 1.09. The van der Waals surface area contributed by atoms with E-state index in [1.165, 1.54) is 0 Å². The van der Waals surface area contributed by atoms with Crippen molar-refractivity contribution < 1.29 is 13.9 Å². The van der Waals surface area contributed by atoms with E-state index in [1.54, 1.807) is 12.3 Å². The van der Waals surface area contributed by atoms with Crippen LogP contribution in [0, 0.1) is 0 Å². The molecule has 84 valence electrons. The van der Waals surface area contributed by atoms with Gasteiger partial charge in [0.05, 0.1) is 12.3 Å². The highest BCUT2D eigenvalue weighted by Gasteiger charge is 2.18. The molecule has 0 saturated carbocycles. The van der Waals surface area contributed by atoms with Crippen molar-refractivity contribution in [2.75, 3.05) is 0 Å². The van der Waals surface area contributed by atoms with E-state index in [-0.39, 0.29) is 6.04 Å². The highest BCUT2D eigenvalue weighted by atomic mass is 16.6. The molecule has 1 aromatic rings. The highest BCUT2D eigenvalue weighted by Crippen LogP contribution is 2.13. The van der Waals surface area contributed by atoms with E-state index in [1.807, 2.05) is 33.8 Å². The summed E-state index contributed by atoms with van der Waals surface area (Å²) in [6, 6.07) is 3.40. The van der Waals surface area contributed by atoms with Crippen LogP contribution < -0.4 is 5.32 Å². The zero-order valence-corrected chi connectivity index (χ0v) is 9.53. The molecule has 0 aromatic carbocycles. The van der Waals surface area contributed by atoms with Gasteiger partial charge in [0.2, 0.25) is 0 Å². The number of hydrogen-bond donors (Lipinski definition) is 1. The Kier molecular flexibility index (Phi) is 3.39. The average Bonchev–Trinajstić information content (AvgIpc) is 2.50. The Bertz CT molecular complexity index is 311. The van der Waals surface area contributed by atoms with E-state index in [0.717, 1.165) is 0 Å². The molecule has 0 aliphatic rings. The second-order valence-electron chi connectivity index (χ2n) is 4.38. The number of amides is 1. The minimum atomic E-state index is -0.479. The van der Waals surface area contributed by atoms with E-state index < -0.39 is 11.7 Å². The Balaban J connectivity index is 2.45. The van der Waals surface area contributed by atoms with Crippen LogP contribution >= 0.6 is 0 Å². The third-order valence-corrected chi connectivity index (χ3v) is 1.70. The molecule has 0 fully saturated rings. The summed E-state index contributed by atoms with van der Waals surface area (Å²) in [6.45, 7) is 7.31. The third kappa shape index (κ3) is 4.06. The van der Waals surface area contributed by atoms with E-state index in [2.05, 4.69) is 5.32 Å². The largest absolute Gasteiger partial charge is 0.467 e. The molecule has 1 heterocycles. The zero-order valence-electron chi connectivity index (χ0n) is 9.53. The van der Waals surface area contributed by atoms with Gasteiger partial charge in [0.25, 0.3) is 0 Å². The first-order valence-corrected chi connectivity index (χ1v) is 4.91. The molecule has 0 bridgehead atoms. The number of ether oxygens (including phenoxy) is 1. The first-order chi connectivity index (χ1) is 6.88. The Labute approximate surface area is 89.6 Å². The second kappa shape index (κ2) is 4.38. The molecule has 4 nitrogen and oxygen atoms in total. The smallest absolute Gasteiger partial charge is 0.408 e. The van der Waals surface area contributed by atoms with Gasteiger partial charge in [-0.05, 0) is 39.8 Å². The van der Waals surface area contributed by atoms with Crippen LogP contribution in [-0.4, -0.2) is 11.7 Å². The van der Waals surface area contributed by atoms with Gasteiger partial charge in [0.15, 0.2) is 0 Å². The van der Waals surface area contributed by atoms with Crippen LogP contribution in [-0.2, 0) is 4.74 Å². The van der Waals surface area contributed by atoms with Gasteiger partial charge in [0, 0.05) is 0 Å². The number of rotatable bonds is 2. The summed E-state index contributed by atoms with van der Waals surface area (Å²) in [4.78, 5) is 11.4. The molecule has 1 atom stereocenters. The number of furan rings is 1. The summed E-state index contributed by atoms with van der Waals surface area (Å²) >= 11 is 0. The maximum absolute atomic E-state index is 11.4. The van der Waals surface area contributed by atoms with Crippen molar-refractivity contribution in [2.45, 2.75) is 39.3 Å². The molecule has 1 N–H and O–H groups in total. The Morgan fingerprint density at radius 2 is 2.20 bits per heavy atom. The summed E-state index contributed by atoms with van der Waals surface area (Å²) in [5.41, 5.74) is -0.479. The van der Waals surface area contributed by atoms with E-state index in [4.69, 9.17) is 9.15 Å². The lowest BCUT2D eigenvalue weighted by Crippen LogP contribution is -2.33. The van der Waals surface area contributed by atoms with Crippen molar-refractivity contribution in [1.82, 2.24) is 5.32 Å².